The van der Waals surface area contributed by atoms with Gasteiger partial charge in [-0.25, -0.2) is 0 Å². The van der Waals surface area contributed by atoms with Crippen LogP contribution in [-0.4, -0.2) is 43.9 Å². The first kappa shape index (κ1) is 19.6. The van der Waals surface area contributed by atoms with Gasteiger partial charge in [-0.15, -0.1) is 0 Å². The van der Waals surface area contributed by atoms with Crippen molar-refractivity contribution in [1.82, 2.24) is 4.48 Å². The normalized spacial score (nSPS) is 16.1. The lowest BCUT2D eigenvalue weighted by Gasteiger charge is -2.16. The number of aromatic nitrogens is 1. The SMILES string of the molecule is CC1=CC(C)=N/C1=C(/C)c1c(C)cc(C)n1B(F)OCCOCCN. The fourth-order valence-corrected chi connectivity index (χ4v) is 3.19. The fraction of sp³-hybridized carbons (Fsp3) is 0.500. The van der Waals surface area contributed by atoms with E-state index in [1.54, 1.807) is 4.48 Å². The molecule has 2 N–H and O–H groups in total. The van der Waals surface area contributed by atoms with Crippen molar-refractivity contribution in [2.24, 2.45) is 10.7 Å². The number of hydrogen-bond donors (Lipinski definition) is 1. The Morgan fingerprint density at radius 2 is 1.96 bits per heavy atom. The zero-order valence-electron chi connectivity index (χ0n) is 15.7. The third kappa shape index (κ3) is 4.48. The molecule has 5 nitrogen and oxygen atoms in total. The maximum atomic E-state index is 14.8. The maximum absolute atomic E-state index is 14.8. The topological polar surface area (TPSA) is 61.8 Å². The molecule has 0 aliphatic carbocycles. The van der Waals surface area contributed by atoms with Crippen LogP contribution in [0.5, 0.6) is 0 Å². The molecule has 0 spiro atoms. The minimum atomic E-state index is -1.57. The number of aryl methyl sites for hydroxylation is 2. The Labute approximate surface area is 149 Å². The molecule has 0 amide bonds. The van der Waals surface area contributed by atoms with E-state index in [9.17, 15) is 4.32 Å². The van der Waals surface area contributed by atoms with Crippen molar-refractivity contribution < 1.29 is 13.7 Å². The van der Waals surface area contributed by atoms with Crippen LogP contribution in [0.15, 0.2) is 28.4 Å². The highest BCUT2D eigenvalue weighted by atomic mass is 19.1. The number of nitrogens with zero attached hydrogens (tertiary/aromatic N) is 2. The van der Waals surface area contributed by atoms with Crippen molar-refractivity contribution in [2.75, 3.05) is 26.4 Å². The third-order valence-electron chi connectivity index (χ3n) is 4.17. The summed E-state index contributed by atoms with van der Waals surface area (Å²) < 4.78 is 26.9. The third-order valence-corrected chi connectivity index (χ3v) is 4.17. The van der Waals surface area contributed by atoms with E-state index in [1.807, 2.05) is 46.8 Å². The highest BCUT2D eigenvalue weighted by molar-refractivity contribution is 6.42. The predicted octanol–water partition coefficient (Wildman–Crippen LogP) is 3.05. The molecule has 2 rings (SSSR count). The van der Waals surface area contributed by atoms with Gasteiger partial charge in [0, 0.05) is 23.6 Å². The van der Waals surface area contributed by atoms with Gasteiger partial charge in [-0.3, -0.25) is 9.31 Å². The van der Waals surface area contributed by atoms with Crippen LogP contribution in [0.1, 0.15) is 37.7 Å². The summed E-state index contributed by atoms with van der Waals surface area (Å²) in [5, 5.41) is 0. The van der Waals surface area contributed by atoms with Crippen molar-refractivity contribution in [3.05, 3.63) is 40.4 Å². The van der Waals surface area contributed by atoms with Gasteiger partial charge in [0.2, 0.25) is 0 Å². The minimum Gasteiger partial charge on any atom is -0.386 e. The molecule has 0 saturated carbocycles. The molecule has 1 aliphatic heterocycles. The maximum Gasteiger partial charge on any atom is 0.637 e. The van der Waals surface area contributed by atoms with Crippen LogP contribution in [0.3, 0.4) is 0 Å². The Morgan fingerprint density at radius 3 is 2.56 bits per heavy atom. The molecule has 0 bridgehead atoms. The molecule has 136 valence electrons. The number of aliphatic imine (C=N–C) groups is 1. The first-order valence-corrected chi connectivity index (χ1v) is 8.54. The van der Waals surface area contributed by atoms with Crippen molar-refractivity contribution in [1.29, 1.82) is 0 Å². The van der Waals surface area contributed by atoms with Gasteiger partial charge in [0.25, 0.3) is 0 Å². The second-order valence-corrected chi connectivity index (χ2v) is 6.31. The second kappa shape index (κ2) is 8.60. The Kier molecular flexibility index (Phi) is 6.75. The number of halogens is 1. The molecule has 2 heterocycles. The number of allylic oxidation sites excluding steroid dienone is 3. The summed E-state index contributed by atoms with van der Waals surface area (Å²) in [6.45, 7) is 11.2. The molecule has 1 aromatic rings. The average Bonchev–Trinajstić information content (AvgIpc) is 3.04. The van der Waals surface area contributed by atoms with Crippen LogP contribution in [-0.2, 0) is 9.39 Å². The van der Waals surface area contributed by atoms with Crippen molar-refractivity contribution in [2.45, 2.75) is 34.6 Å². The van der Waals surface area contributed by atoms with E-state index < -0.39 is 7.33 Å². The highest BCUT2D eigenvalue weighted by Gasteiger charge is 2.28. The van der Waals surface area contributed by atoms with Gasteiger partial charge < -0.3 is 19.6 Å². The summed E-state index contributed by atoms with van der Waals surface area (Å²) in [6.07, 6.45) is 2.03. The number of hydrogen-bond acceptors (Lipinski definition) is 4. The first-order valence-electron chi connectivity index (χ1n) is 8.54. The number of ether oxygens (including phenoxy) is 1. The Balaban J connectivity index is 2.26. The summed E-state index contributed by atoms with van der Waals surface area (Å²) in [5.41, 5.74) is 11.9. The van der Waals surface area contributed by atoms with E-state index in [0.29, 0.717) is 19.8 Å². The Hall–Kier alpha value is -1.70. The molecule has 0 saturated heterocycles. The van der Waals surface area contributed by atoms with Crippen molar-refractivity contribution in [3.63, 3.8) is 0 Å². The van der Waals surface area contributed by atoms with Crippen LogP contribution in [0.25, 0.3) is 5.57 Å². The second-order valence-electron chi connectivity index (χ2n) is 6.31. The minimum absolute atomic E-state index is 0.170. The van der Waals surface area contributed by atoms with E-state index in [0.717, 1.165) is 39.5 Å². The lowest BCUT2D eigenvalue weighted by molar-refractivity contribution is 0.0999. The fourth-order valence-electron chi connectivity index (χ4n) is 3.19. The average molecular weight is 347 g/mol. The monoisotopic (exact) mass is 347 g/mol. The summed E-state index contributed by atoms with van der Waals surface area (Å²) >= 11 is 0. The molecule has 1 aliphatic rings. The smallest absolute Gasteiger partial charge is 0.386 e. The molecule has 0 fully saturated rings. The molecule has 0 atom stereocenters. The van der Waals surface area contributed by atoms with Crippen LogP contribution in [0.2, 0.25) is 0 Å². The van der Waals surface area contributed by atoms with Gasteiger partial charge in [-0.1, -0.05) is 0 Å². The molecule has 0 radical (unpaired) electrons. The summed E-state index contributed by atoms with van der Waals surface area (Å²) in [7, 11) is -1.57. The van der Waals surface area contributed by atoms with Gasteiger partial charge in [-0.05, 0) is 63.5 Å². The van der Waals surface area contributed by atoms with Crippen molar-refractivity contribution >= 4 is 18.6 Å². The predicted molar refractivity (Wildman–Crippen MR) is 101 cm³/mol. The van der Waals surface area contributed by atoms with E-state index in [1.165, 1.54) is 0 Å². The van der Waals surface area contributed by atoms with Gasteiger partial charge >= 0.3 is 7.33 Å². The van der Waals surface area contributed by atoms with Gasteiger partial charge in [-0.2, -0.15) is 0 Å². The standard InChI is InChI=1S/C18H27BFN3O2/c1-12-10-14(3)22-17(12)16(5)18-13(2)11-15(4)23(18)19(20)25-9-8-24-7-6-21/h10-11H,6-9,21H2,1-5H3/b17-16-. The molecular weight excluding hydrogens is 320 g/mol. The Bertz CT molecular complexity index is 722. The lowest BCUT2D eigenvalue weighted by atomic mass is 10.0. The van der Waals surface area contributed by atoms with Crippen LogP contribution in [0.4, 0.5) is 4.32 Å². The quantitative estimate of drug-likeness (QED) is 0.581. The highest BCUT2D eigenvalue weighted by Crippen LogP contribution is 2.31. The molecule has 0 unspecified atom stereocenters. The first-order chi connectivity index (χ1) is 11.9. The number of rotatable bonds is 8. The molecule has 25 heavy (non-hydrogen) atoms. The summed E-state index contributed by atoms with van der Waals surface area (Å²) in [5.74, 6) is 0. The van der Waals surface area contributed by atoms with Gasteiger partial charge in [0.1, 0.15) is 0 Å². The molecule has 7 heteroatoms. The van der Waals surface area contributed by atoms with E-state index in [2.05, 4.69) is 4.99 Å². The van der Waals surface area contributed by atoms with Gasteiger partial charge in [0.05, 0.1) is 25.5 Å². The summed E-state index contributed by atoms with van der Waals surface area (Å²) in [4.78, 5) is 4.59. The van der Waals surface area contributed by atoms with Gasteiger partial charge in [0.15, 0.2) is 0 Å². The largest absolute Gasteiger partial charge is 0.637 e. The number of nitrogens with two attached hydrogens (primary N) is 1. The zero-order chi connectivity index (χ0) is 18.6. The van der Waals surface area contributed by atoms with Crippen LogP contribution in [0, 0.1) is 13.8 Å². The summed E-state index contributed by atoms with van der Waals surface area (Å²) in [6, 6.07) is 1.96. The van der Waals surface area contributed by atoms with Crippen LogP contribution < -0.4 is 5.73 Å². The molecular formula is C18H27BFN3O2. The Morgan fingerprint density at radius 1 is 1.24 bits per heavy atom. The van der Waals surface area contributed by atoms with Crippen molar-refractivity contribution in [3.8, 4) is 0 Å². The van der Waals surface area contributed by atoms with Crippen LogP contribution >= 0.6 is 0 Å². The van der Waals surface area contributed by atoms with E-state index in [-0.39, 0.29) is 6.61 Å². The lowest BCUT2D eigenvalue weighted by Crippen LogP contribution is -2.28. The van der Waals surface area contributed by atoms with E-state index >= 15 is 0 Å². The molecule has 1 aromatic heterocycles. The molecule has 0 aromatic carbocycles. The zero-order valence-corrected chi connectivity index (χ0v) is 15.7. The van der Waals surface area contributed by atoms with E-state index in [4.69, 9.17) is 15.1 Å².